The molecule has 2 atom stereocenters. The summed E-state index contributed by atoms with van der Waals surface area (Å²) in [5, 5.41) is 7.08. The topological polar surface area (TPSA) is 83.4 Å². The summed E-state index contributed by atoms with van der Waals surface area (Å²) in [4.78, 5) is 32.7. The highest BCUT2D eigenvalue weighted by molar-refractivity contribution is 6.07. The van der Waals surface area contributed by atoms with E-state index in [1.54, 1.807) is 6.33 Å². The van der Waals surface area contributed by atoms with Gasteiger partial charge in [-0.2, -0.15) is 5.10 Å². The number of hydrogen-bond donors (Lipinski definition) is 1. The Morgan fingerprint density at radius 2 is 2.17 bits per heavy atom. The van der Waals surface area contributed by atoms with Crippen LogP contribution in [0, 0.1) is 5.92 Å². The third kappa shape index (κ3) is 3.02. The van der Waals surface area contributed by atoms with E-state index in [9.17, 15) is 9.59 Å². The fraction of sp³-hybridized carbons (Fsp3) is 0.750. The van der Waals surface area contributed by atoms with E-state index in [-0.39, 0.29) is 23.9 Å². The quantitative estimate of drug-likeness (QED) is 0.802. The minimum absolute atomic E-state index is 0.0920. The minimum Gasteiger partial charge on any atom is -0.323 e. The monoisotopic (exact) mass is 334 g/mol. The fourth-order valence-corrected chi connectivity index (χ4v) is 3.75. The molecule has 8 nitrogen and oxygen atoms in total. The number of amides is 3. The van der Waals surface area contributed by atoms with Gasteiger partial charge in [0.15, 0.2) is 0 Å². The van der Waals surface area contributed by atoms with Gasteiger partial charge in [-0.3, -0.25) is 14.4 Å². The van der Waals surface area contributed by atoms with Gasteiger partial charge >= 0.3 is 6.03 Å². The maximum atomic E-state index is 12.8. The molecule has 24 heavy (non-hydrogen) atoms. The molecule has 0 aromatic carbocycles. The number of likely N-dealkylation sites (tertiary alicyclic amines) is 1. The van der Waals surface area contributed by atoms with Crippen molar-refractivity contribution in [1.29, 1.82) is 0 Å². The Balaban J connectivity index is 1.65. The van der Waals surface area contributed by atoms with Crippen LogP contribution in [0.25, 0.3) is 0 Å². The standard InChI is InChI=1S/C16H26N6O2/c1-12(2)22-14(23)16(3,19-15(22)24)13-5-4-6-20(9-13)7-8-21-11-17-10-18-21/h10-13H,4-9H2,1-3H3,(H,19,24)/t13-,16-/m1/s1. The molecule has 3 rings (SSSR count). The summed E-state index contributed by atoms with van der Waals surface area (Å²) in [5.74, 6) is 0.0350. The number of carbonyl (C=O) groups is 2. The Bertz CT molecular complexity index is 602. The SMILES string of the molecule is CC(C)N1C(=O)N[C@](C)([C@@H]2CCCN(CCn3cncn3)C2)C1=O. The van der Waals surface area contributed by atoms with E-state index in [0.29, 0.717) is 0 Å². The van der Waals surface area contributed by atoms with Gasteiger partial charge in [0, 0.05) is 25.0 Å². The lowest BCUT2D eigenvalue weighted by molar-refractivity contribution is -0.134. The van der Waals surface area contributed by atoms with Gasteiger partial charge < -0.3 is 10.2 Å². The third-order valence-corrected chi connectivity index (χ3v) is 5.20. The van der Waals surface area contributed by atoms with Gasteiger partial charge in [-0.05, 0) is 40.2 Å². The van der Waals surface area contributed by atoms with Gasteiger partial charge in [-0.25, -0.2) is 9.78 Å². The van der Waals surface area contributed by atoms with Crippen LogP contribution in [-0.2, 0) is 11.3 Å². The predicted octanol–water partition coefficient (Wildman–Crippen LogP) is 0.709. The first-order chi connectivity index (χ1) is 11.4. The number of piperidine rings is 1. The molecular weight excluding hydrogens is 308 g/mol. The molecule has 0 radical (unpaired) electrons. The Labute approximate surface area is 142 Å². The van der Waals surface area contributed by atoms with Crippen LogP contribution >= 0.6 is 0 Å². The van der Waals surface area contributed by atoms with Crippen molar-refractivity contribution in [3.8, 4) is 0 Å². The first kappa shape index (κ1) is 16.9. The molecule has 0 bridgehead atoms. The summed E-state index contributed by atoms with van der Waals surface area (Å²) in [6.07, 6.45) is 5.23. The normalized spacial score (nSPS) is 28.7. The molecule has 2 saturated heterocycles. The van der Waals surface area contributed by atoms with Crippen LogP contribution in [0.3, 0.4) is 0 Å². The average Bonchev–Trinajstić information content (AvgIpc) is 3.13. The van der Waals surface area contributed by atoms with Crippen molar-refractivity contribution in [3.05, 3.63) is 12.7 Å². The molecule has 2 aliphatic heterocycles. The van der Waals surface area contributed by atoms with E-state index in [4.69, 9.17) is 0 Å². The molecule has 2 fully saturated rings. The van der Waals surface area contributed by atoms with Crippen molar-refractivity contribution in [3.63, 3.8) is 0 Å². The smallest absolute Gasteiger partial charge is 0.323 e. The maximum Gasteiger partial charge on any atom is 0.325 e. The average molecular weight is 334 g/mol. The molecule has 8 heteroatoms. The Hall–Kier alpha value is -1.96. The molecule has 1 aromatic rings. The number of nitrogens with one attached hydrogen (secondary N) is 1. The number of rotatable bonds is 5. The summed E-state index contributed by atoms with van der Waals surface area (Å²) in [6.45, 7) is 9.08. The Morgan fingerprint density at radius 1 is 1.38 bits per heavy atom. The highest BCUT2D eigenvalue weighted by Gasteiger charge is 2.53. The number of urea groups is 1. The van der Waals surface area contributed by atoms with Crippen molar-refractivity contribution in [2.75, 3.05) is 19.6 Å². The van der Waals surface area contributed by atoms with E-state index < -0.39 is 5.54 Å². The summed E-state index contributed by atoms with van der Waals surface area (Å²) in [7, 11) is 0. The van der Waals surface area contributed by atoms with Crippen LogP contribution < -0.4 is 5.32 Å². The molecule has 3 heterocycles. The van der Waals surface area contributed by atoms with E-state index in [2.05, 4.69) is 20.3 Å². The number of imide groups is 1. The summed E-state index contributed by atoms with van der Waals surface area (Å²) < 4.78 is 1.81. The highest BCUT2D eigenvalue weighted by atomic mass is 16.2. The Morgan fingerprint density at radius 3 is 2.79 bits per heavy atom. The first-order valence-corrected chi connectivity index (χ1v) is 8.62. The summed E-state index contributed by atoms with van der Waals surface area (Å²) in [5.41, 5.74) is -0.798. The minimum atomic E-state index is -0.798. The molecule has 0 aliphatic carbocycles. The molecule has 1 aromatic heterocycles. The fourth-order valence-electron chi connectivity index (χ4n) is 3.75. The van der Waals surface area contributed by atoms with Crippen molar-refractivity contribution in [1.82, 2.24) is 29.9 Å². The molecule has 2 aliphatic rings. The van der Waals surface area contributed by atoms with E-state index in [1.165, 1.54) is 11.2 Å². The van der Waals surface area contributed by atoms with Crippen LogP contribution in [0.2, 0.25) is 0 Å². The maximum absolute atomic E-state index is 12.8. The van der Waals surface area contributed by atoms with Crippen molar-refractivity contribution >= 4 is 11.9 Å². The van der Waals surface area contributed by atoms with Gasteiger partial charge in [0.25, 0.3) is 5.91 Å². The third-order valence-electron chi connectivity index (χ3n) is 5.20. The molecule has 132 valence electrons. The van der Waals surface area contributed by atoms with E-state index >= 15 is 0 Å². The second kappa shape index (κ2) is 6.51. The Kier molecular flexibility index (Phi) is 4.58. The molecule has 0 spiro atoms. The number of hydrogen-bond acceptors (Lipinski definition) is 5. The molecule has 1 N–H and O–H groups in total. The van der Waals surface area contributed by atoms with Crippen LogP contribution in [0.1, 0.15) is 33.6 Å². The van der Waals surface area contributed by atoms with Gasteiger partial charge in [-0.1, -0.05) is 0 Å². The van der Waals surface area contributed by atoms with Crippen LogP contribution in [0.4, 0.5) is 4.79 Å². The predicted molar refractivity (Wildman–Crippen MR) is 88.1 cm³/mol. The number of nitrogens with zero attached hydrogens (tertiary/aromatic N) is 5. The largest absolute Gasteiger partial charge is 0.325 e. The number of carbonyl (C=O) groups excluding carboxylic acids is 2. The van der Waals surface area contributed by atoms with Crippen LogP contribution in [0.5, 0.6) is 0 Å². The second-order valence-electron chi connectivity index (χ2n) is 7.20. The van der Waals surface area contributed by atoms with Crippen LogP contribution in [0.15, 0.2) is 12.7 Å². The first-order valence-electron chi connectivity index (χ1n) is 8.62. The molecular formula is C16H26N6O2. The lowest BCUT2D eigenvalue weighted by Crippen LogP contribution is -2.56. The van der Waals surface area contributed by atoms with Gasteiger partial charge in [0.1, 0.15) is 18.2 Å². The molecule has 3 amide bonds. The lowest BCUT2D eigenvalue weighted by atomic mass is 9.80. The van der Waals surface area contributed by atoms with Gasteiger partial charge in [0.05, 0.1) is 6.54 Å². The van der Waals surface area contributed by atoms with E-state index in [0.717, 1.165) is 39.0 Å². The zero-order valence-electron chi connectivity index (χ0n) is 14.6. The highest BCUT2D eigenvalue weighted by Crippen LogP contribution is 2.33. The summed E-state index contributed by atoms with van der Waals surface area (Å²) in [6, 6.07) is -0.386. The molecule has 0 saturated carbocycles. The summed E-state index contributed by atoms with van der Waals surface area (Å²) >= 11 is 0. The van der Waals surface area contributed by atoms with Crippen molar-refractivity contribution in [2.24, 2.45) is 5.92 Å². The van der Waals surface area contributed by atoms with Crippen LogP contribution in [-0.4, -0.2) is 67.7 Å². The van der Waals surface area contributed by atoms with Crippen molar-refractivity contribution in [2.45, 2.75) is 51.7 Å². The van der Waals surface area contributed by atoms with Crippen molar-refractivity contribution < 1.29 is 9.59 Å². The zero-order valence-corrected chi connectivity index (χ0v) is 14.6. The second-order valence-corrected chi connectivity index (χ2v) is 7.20. The molecule has 0 unspecified atom stereocenters. The zero-order chi connectivity index (χ0) is 17.3. The van der Waals surface area contributed by atoms with Gasteiger partial charge in [-0.15, -0.1) is 0 Å². The lowest BCUT2D eigenvalue weighted by Gasteiger charge is -2.39. The number of aromatic nitrogens is 3. The van der Waals surface area contributed by atoms with E-state index in [1.807, 2.05) is 25.5 Å². The van der Waals surface area contributed by atoms with Gasteiger partial charge in [0.2, 0.25) is 0 Å².